The van der Waals surface area contributed by atoms with Crippen LogP contribution in [0.4, 0.5) is 5.13 Å². The van der Waals surface area contributed by atoms with Crippen molar-refractivity contribution in [2.24, 2.45) is 5.92 Å². The van der Waals surface area contributed by atoms with Crippen molar-refractivity contribution in [3.05, 3.63) is 23.5 Å². The van der Waals surface area contributed by atoms with Crippen LogP contribution in [-0.2, 0) is 4.79 Å². The number of rotatable bonds is 7. The number of anilines is 1. The quantitative estimate of drug-likeness (QED) is 0.702. The summed E-state index contributed by atoms with van der Waals surface area (Å²) in [6, 6.07) is 4.21. The Morgan fingerprint density at radius 2 is 1.61 bits per heavy atom. The number of nitrogens with zero attached hydrogens (tertiary/aromatic N) is 6. The fraction of sp³-hybridized carbons (Fsp3) is 0.682. The van der Waals surface area contributed by atoms with E-state index in [4.69, 9.17) is 0 Å². The van der Waals surface area contributed by atoms with Gasteiger partial charge in [0.2, 0.25) is 16.2 Å². The number of nitrogens with one attached hydrogen (secondary N) is 1. The predicted molar refractivity (Wildman–Crippen MR) is 125 cm³/mol. The second kappa shape index (κ2) is 10.1. The molecule has 1 amide bonds. The number of amides is 1. The molecule has 1 N–H and O–H groups in total. The molecule has 2 aliphatic rings. The van der Waals surface area contributed by atoms with Crippen molar-refractivity contribution in [1.82, 2.24) is 29.9 Å². The first-order chi connectivity index (χ1) is 15.0. The van der Waals surface area contributed by atoms with Gasteiger partial charge in [-0.15, -0.1) is 10.2 Å². The number of hydrogen-bond donors (Lipinski definition) is 1. The minimum Gasteiger partial charge on any atom is -0.355 e. The van der Waals surface area contributed by atoms with Crippen LogP contribution in [0.2, 0.25) is 0 Å². The van der Waals surface area contributed by atoms with E-state index in [2.05, 4.69) is 67.7 Å². The smallest absolute Gasteiger partial charge is 0.223 e. The molecule has 0 radical (unpaired) electrons. The lowest BCUT2D eigenvalue weighted by Gasteiger charge is -2.34. The zero-order valence-electron chi connectivity index (χ0n) is 19.0. The summed E-state index contributed by atoms with van der Waals surface area (Å²) in [4.78, 5) is 19.8. The highest BCUT2D eigenvalue weighted by Gasteiger charge is 2.27. The average Bonchev–Trinajstić information content (AvgIpc) is 3.40. The molecule has 2 aliphatic heterocycles. The van der Waals surface area contributed by atoms with Crippen LogP contribution in [0.25, 0.3) is 5.13 Å². The van der Waals surface area contributed by atoms with Crippen LogP contribution in [0.5, 0.6) is 0 Å². The third-order valence-corrected chi connectivity index (χ3v) is 7.61. The molecule has 2 saturated heterocycles. The lowest BCUT2D eigenvalue weighted by molar-refractivity contribution is -0.125. The Bertz CT molecular complexity index is 844. The Morgan fingerprint density at radius 1 is 1.00 bits per heavy atom. The van der Waals surface area contributed by atoms with Gasteiger partial charge < -0.3 is 15.1 Å². The van der Waals surface area contributed by atoms with E-state index in [9.17, 15) is 4.79 Å². The van der Waals surface area contributed by atoms with E-state index < -0.39 is 0 Å². The second-order valence-electron chi connectivity index (χ2n) is 8.65. The van der Waals surface area contributed by atoms with Crippen LogP contribution in [0.3, 0.4) is 0 Å². The summed E-state index contributed by atoms with van der Waals surface area (Å²) in [7, 11) is 0. The van der Waals surface area contributed by atoms with E-state index >= 15 is 0 Å². The van der Waals surface area contributed by atoms with Crippen molar-refractivity contribution in [2.75, 3.05) is 63.8 Å². The number of likely N-dealkylation sites (N-methyl/N-ethyl adjacent to an activating group) is 1. The van der Waals surface area contributed by atoms with Crippen molar-refractivity contribution in [3.8, 4) is 5.13 Å². The molecule has 0 atom stereocenters. The zero-order chi connectivity index (χ0) is 21.8. The highest BCUT2D eigenvalue weighted by Crippen LogP contribution is 2.29. The molecule has 170 valence electrons. The average molecular weight is 446 g/mol. The first-order valence-corrected chi connectivity index (χ1v) is 12.3. The Morgan fingerprint density at radius 3 is 2.26 bits per heavy atom. The SMILES string of the molecule is CCN1CCN(CCNC(=O)C2CCN(c3nnc(-n4c(C)ccc4C)s3)CC2)CC1. The molecule has 0 aliphatic carbocycles. The molecule has 0 bridgehead atoms. The molecular weight excluding hydrogens is 410 g/mol. The minimum atomic E-state index is 0.106. The molecule has 0 unspecified atom stereocenters. The van der Waals surface area contributed by atoms with Crippen molar-refractivity contribution < 1.29 is 4.79 Å². The van der Waals surface area contributed by atoms with Gasteiger partial charge in [0.15, 0.2) is 0 Å². The lowest BCUT2D eigenvalue weighted by Crippen LogP contribution is -2.48. The van der Waals surface area contributed by atoms with E-state index in [1.165, 1.54) is 11.4 Å². The van der Waals surface area contributed by atoms with Crippen LogP contribution in [0.1, 0.15) is 31.2 Å². The Balaban J connectivity index is 1.21. The summed E-state index contributed by atoms with van der Waals surface area (Å²) in [5.74, 6) is 0.318. The summed E-state index contributed by atoms with van der Waals surface area (Å²) >= 11 is 1.62. The highest BCUT2D eigenvalue weighted by atomic mass is 32.1. The van der Waals surface area contributed by atoms with E-state index in [1.807, 2.05) is 0 Å². The van der Waals surface area contributed by atoms with Crippen LogP contribution in [0.15, 0.2) is 12.1 Å². The molecule has 8 nitrogen and oxygen atoms in total. The number of aromatic nitrogens is 3. The molecule has 2 aromatic heterocycles. The number of piperidine rings is 1. The predicted octanol–water partition coefficient (Wildman–Crippen LogP) is 1.92. The zero-order valence-corrected chi connectivity index (χ0v) is 19.8. The number of aryl methyl sites for hydroxylation is 2. The van der Waals surface area contributed by atoms with Crippen LogP contribution < -0.4 is 10.2 Å². The first-order valence-electron chi connectivity index (χ1n) is 11.5. The topological polar surface area (TPSA) is 69.5 Å². The third-order valence-electron chi connectivity index (χ3n) is 6.64. The minimum absolute atomic E-state index is 0.106. The van der Waals surface area contributed by atoms with Crippen LogP contribution in [-0.4, -0.2) is 89.4 Å². The van der Waals surface area contributed by atoms with Gasteiger partial charge in [-0.25, -0.2) is 0 Å². The van der Waals surface area contributed by atoms with Crippen molar-refractivity contribution in [3.63, 3.8) is 0 Å². The Hall–Kier alpha value is -1.97. The van der Waals surface area contributed by atoms with Gasteiger partial charge in [-0.05, 0) is 45.4 Å². The van der Waals surface area contributed by atoms with Crippen molar-refractivity contribution in [2.45, 2.75) is 33.6 Å². The number of piperazine rings is 1. The van der Waals surface area contributed by atoms with Crippen molar-refractivity contribution in [1.29, 1.82) is 0 Å². The standard InChI is InChI=1S/C22H35N7OS/c1-4-26-13-15-27(16-14-26)12-9-23-20(30)19-7-10-28(11-8-19)21-24-25-22(31-21)29-17(2)5-6-18(29)3/h5-6,19H,4,7-16H2,1-3H3,(H,23,30). The van der Waals surface area contributed by atoms with Gasteiger partial charge in [0.1, 0.15) is 0 Å². The van der Waals surface area contributed by atoms with E-state index in [1.54, 1.807) is 11.3 Å². The van der Waals surface area contributed by atoms with Crippen LogP contribution >= 0.6 is 11.3 Å². The van der Waals surface area contributed by atoms with Gasteiger partial charge in [0, 0.05) is 69.7 Å². The molecule has 0 saturated carbocycles. The fourth-order valence-corrected chi connectivity index (χ4v) is 5.56. The molecule has 2 fully saturated rings. The second-order valence-corrected chi connectivity index (χ2v) is 9.58. The van der Waals surface area contributed by atoms with Gasteiger partial charge >= 0.3 is 0 Å². The molecule has 0 spiro atoms. The summed E-state index contributed by atoms with van der Waals surface area (Å²) in [5.41, 5.74) is 2.34. The summed E-state index contributed by atoms with van der Waals surface area (Å²) in [6.45, 7) is 15.4. The molecule has 4 rings (SSSR count). The highest BCUT2D eigenvalue weighted by molar-refractivity contribution is 7.17. The van der Waals surface area contributed by atoms with Gasteiger partial charge in [-0.1, -0.05) is 18.3 Å². The van der Waals surface area contributed by atoms with Gasteiger partial charge in [0.05, 0.1) is 0 Å². The molecule has 9 heteroatoms. The number of carbonyl (C=O) groups excluding carboxylic acids is 1. The lowest BCUT2D eigenvalue weighted by atomic mass is 9.96. The van der Waals surface area contributed by atoms with E-state index in [0.29, 0.717) is 0 Å². The third kappa shape index (κ3) is 5.27. The molecule has 2 aromatic rings. The molecule has 4 heterocycles. The van der Waals surface area contributed by atoms with E-state index in [0.717, 1.165) is 82.0 Å². The molecule has 0 aromatic carbocycles. The summed E-state index contributed by atoms with van der Waals surface area (Å²) < 4.78 is 2.14. The van der Waals surface area contributed by atoms with Crippen LogP contribution in [0, 0.1) is 19.8 Å². The van der Waals surface area contributed by atoms with Gasteiger partial charge in [0.25, 0.3) is 0 Å². The van der Waals surface area contributed by atoms with Gasteiger partial charge in [-0.3, -0.25) is 14.3 Å². The summed E-state index contributed by atoms with van der Waals surface area (Å²) in [6.07, 6.45) is 1.75. The normalized spacial score (nSPS) is 19.1. The Labute approximate surface area is 189 Å². The molecule has 31 heavy (non-hydrogen) atoms. The fourth-order valence-electron chi connectivity index (χ4n) is 4.54. The monoisotopic (exact) mass is 445 g/mol. The Kier molecular flexibility index (Phi) is 7.24. The van der Waals surface area contributed by atoms with Crippen molar-refractivity contribution >= 4 is 22.4 Å². The largest absolute Gasteiger partial charge is 0.355 e. The first kappa shape index (κ1) is 22.2. The number of hydrogen-bond acceptors (Lipinski definition) is 7. The summed E-state index contributed by atoms with van der Waals surface area (Å²) in [5, 5.41) is 13.9. The van der Waals surface area contributed by atoms with Gasteiger partial charge in [-0.2, -0.15) is 0 Å². The maximum absolute atomic E-state index is 12.6. The van der Waals surface area contributed by atoms with E-state index in [-0.39, 0.29) is 11.8 Å². The molecular formula is C22H35N7OS. The maximum Gasteiger partial charge on any atom is 0.223 e. The number of carbonyl (C=O) groups is 1. The maximum atomic E-state index is 12.6.